The number of ether oxygens (including phenoxy) is 1. The molecule has 2 aliphatic rings. The molecule has 6 heteroatoms. The van der Waals surface area contributed by atoms with E-state index in [0.717, 1.165) is 66.4 Å². The summed E-state index contributed by atoms with van der Waals surface area (Å²) in [7, 11) is 0. The predicted molar refractivity (Wildman–Crippen MR) is 296 cm³/mol. The van der Waals surface area contributed by atoms with E-state index in [0.29, 0.717) is 5.90 Å². The molecular formula is C66H62N4OPt. The molecule has 0 spiro atoms. The molecule has 0 radical (unpaired) electrons. The maximum Gasteiger partial charge on any atom is 2.00 e. The van der Waals surface area contributed by atoms with Gasteiger partial charge in [-0.1, -0.05) is 176 Å². The van der Waals surface area contributed by atoms with Gasteiger partial charge in [0, 0.05) is 28.0 Å². The maximum atomic E-state index is 7.47. The maximum absolute atomic E-state index is 7.47. The zero-order valence-corrected chi connectivity index (χ0v) is 46.1. The SMILES string of the molecule is Cc1ccc2c(c1)c1cc(C)c(-n3c4ccc(-c5ccccc5)cc4c4cccnc43)[c-]c1n2-c1[c-]c(C2=N[C@]3(C)c4ccc(C(C)(C)C)cc4-c4cc(C(C)(C)C)ccc4[C@]3(C)O2)cc(C(C)(C)C)c1.[Pt+2]. The fraction of sp³-hybridized carbons (Fsp3) is 0.273. The Morgan fingerprint density at radius 1 is 0.542 bits per heavy atom. The van der Waals surface area contributed by atoms with Crippen molar-refractivity contribution in [1.29, 1.82) is 0 Å². The van der Waals surface area contributed by atoms with Gasteiger partial charge in [0.1, 0.15) is 22.7 Å². The summed E-state index contributed by atoms with van der Waals surface area (Å²) in [6.07, 6.45) is 1.90. The van der Waals surface area contributed by atoms with Crippen LogP contribution in [0.2, 0.25) is 0 Å². The largest absolute Gasteiger partial charge is 2.00 e. The minimum atomic E-state index is -0.793. The quantitative estimate of drug-likeness (QED) is 0.165. The van der Waals surface area contributed by atoms with Crippen LogP contribution < -0.4 is 0 Å². The molecule has 5 nitrogen and oxygen atoms in total. The first-order chi connectivity index (χ1) is 33.6. The van der Waals surface area contributed by atoms with E-state index in [9.17, 15) is 0 Å². The van der Waals surface area contributed by atoms with Gasteiger partial charge in [-0.2, -0.15) is 6.07 Å². The van der Waals surface area contributed by atoms with Gasteiger partial charge in [0.25, 0.3) is 0 Å². The number of hydrogen-bond acceptors (Lipinski definition) is 3. The Bertz CT molecular complexity index is 3910. The smallest absolute Gasteiger partial charge is 0.507 e. The second-order valence-corrected chi connectivity index (χ2v) is 23.8. The summed E-state index contributed by atoms with van der Waals surface area (Å²) >= 11 is 0. The van der Waals surface area contributed by atoms with E-state index in [4.69, 9.17) is 14.7 Å². The van der Waals surface area contributed by atoms with E-state index >= 15 is 0 Å². The third kappa shape index (κ3) is 7.19. The normalized spacial score (nSPS) is 17.7. The number of rotatable bonds is 4. The second kappa shape index (κ2) is 16.2. The molecule has 1 aliphatic carbocycles. The molecular weight excluding hydrogens is 1060 g/mol. The molecule has 0 bridgehead atoms. The van der Waals surface area contributed by atoms with Crippen LogP contribution in [-0.2, 0) is 53.2 Å². The Balaban J connectivity index is 0.00000560. The summed E-state index contributed by atoms with van der Waals surface area (Å²) in [5.41, 5.74) is 18.2. The minimum Gasteiger partial charge on any atom is -0.507 e. The molecule has 3 aromatic heterocycles. The molecule has 0 unspecified atom stereocenters. The van der Waals surface area contributed by atoms with E-state index in [1.165, 1.54) is 55.5 Å². The molecule has 0 N–H and O–H groups in total. The van der Waals surface area contributed by atoms with Crippen molar-refractivity contribution < 1.29 is 25.8 Å². The number of aliphatic imine (C=N–C) groups is 1. The molecule has 10 aromatic rings. The first-order valence-electron chi connectivity index (χ1n) is 25.2. The Morgan fingerprint density at radius 3 is 1.88 bits per heavy atom. The van der Waals surface area contributed by atoms with Crippen molar-refractivity contribution in [2.24, 2.45) is 4.99 Å². The van der Waals surface area contributed by atoms with Gasteiger partial charge >= 0.3 is 21.1 Å². The van der Waals surface area contributed by atoms with Crippen molar-refractivity contribution in [2.45, 2.75) is 117 Å². The van der Waals surface area contributed by atoms with Crippen LogP contribution in [0, 0.1) is 26.0 Å². The molecule has 2 atom stereocenters. The molecule has 0 saturated carbocycles. The topological polar surface area (TPSA) is 44.3 Å². The van der Waals surface area contributed by atoms with Crippen molar-refractivity contribution in [3.63, 3.8) is 0 Å². The third-order valence-corrected chi connectivity index (χ3v) is 15.8. The Morgan fingerprint density at radius 2 is 1.18 bits per heavy atom. The monoisotopic (exact) mass is 1120 g/mol. The van der Waals surface area contributed by atoms with Crippen LogP contribution in [0.1, 0.15) is 121 Å². The molecule has 362 valence electrons. The second-order valence-electron chi connectivity index (χ2n) is 23.8. The standard InChI is InChI=1S/C66H62N4O.Pt/c1-39-21-27-56-51(30-39)52-31-40(2)58(70-57-28-22-42(41-18-15-14-16-19-41)34-53(57)48-20-17-29-67-60(48)70)38-59(52)69(56)47-33-43(32-46(35-47)64(9,10)11)61-68-65(12)54-25-23-44(62(3,4)5)36-49(54)50-37-45(63(6,7)8)24-26-55(50)66(65,13)71-61;/h14-32,34-37H,1-13H3;/q-2;+2/t65-,66+;/m1./s1. The van der Waals surface area contributed by atoms with Crippen LogP contribution in [0.3, 0.4) is 0 Å². The van der Waals surface area contributed by atoms with E-state index in [1.807, 2.05) is 12.3 Å². The average Bonchev–Trinajstić information content (AvgIpc) is 3.94. The molecule has 0 saturated heterocycles. The van der Waals surface area contributed by atoms with Gasteiger partial charge in [-0.25, -0.2) is 4.98 Å². The Labute approximate surface area is 439 Å². The van der Waals surface area contributed by atoms with Gasteiger partial charge in [0.2, 0.25) is 0 Å². The van der Waals surface area contributed by atoms with Crippen LogP contribution >= 0.6 is 0 Å². The van der Waals surface area contributed by atoms with Gasteiger partial charge in [0.15, 0.2) is 0 Å². The summed E-state index contributed by atoms with van der Waals surface area (Å²) in [6, 6.07) is 57.4. The zero-order chi connectivity index (χ0) is 49.7. The van der Waals surface area contributed by atoms with Gasteiger partial charge in [0.05, 0.1) is 5.52 Å². The number of pyridine rings is 1. The number of nitrogens with zero attached hydrogens (tertiary/aromatic N) is 4. The van der Waals surface area contributed by atoms with Crippen molar-refractivity contribution in [2.75, 3.05) is 0 Å². The molecule has 12 rings (SSSR count). The van der Waals surface area contributed by atoms with Crippen molar-refractivity contribution in [3.05, 3.63) is 196 Å². The van der Waals surface area contributed by atoms with Crippen LogP contribution in [0.25, 0.3) is 77.4 Å². The van der Waals surface area contributed by atoms with Crippen LogP contribution in [0.5, 0.6) is 0 Å². The first kappa shape index (κ1) is 47.8. The number of aromatic nitrogens is 3. The van der Waals surface area contributed by atoms with Crippen LogP contribution in [-0.4, -0.2) is 20.0 Å². The fourth-order valence-corrected chi connectivity index (χ4v) is 11.5. The fourth-order valence-electron chi connectivity index (χ4n) is 11.5. The van der Waals surface area contributed by atoms with Crippen molar-refractivity contribution in [1.82, 2.24) is 14.1 Å². The molecule has 0 fully saturated rings. The Kier molecular flexibility index (Phi) is 10.8. The predicted octanol–water partition coefficient (Wildman–Crippen LogP) is 16.6. The number of aryl methyl sites for hydroxylation is 2. The average molecular weight is 1120 g/mol. The third-order valence-electron chi connectivity index (χ3n) is 15.8. The van der Waals surface area contributed by atoms with E-state index in [-0.39, 0.29) is 37.3 Å². The molecule has 4 heterocycles. The van der Waals surface area contributed by atoms with Crippen molar-refractivity contribution >= 4 is 49.6 Å². The molecule has 72 heavy (non-hydrogen) atoms. The van der Waals surface area contributed by atoms with E-state index < -0.39 is 11.1 Å². The van der Waals surface area contributed by atoms with E-state index in [2.05, 4.69) is 239 Å². The molecule has 0 amide bonds. The molecule has 7 aromatic carbocycles. The van der Waals surface area contributed by atoms with Gasteiger partial charge in [-0.05, 0) is 117 Å². The number of fused-ring (bicyclic) bond motifs is 12. The number of benzene rings is 7. The summed E-state index contributed by atoms with van der Waals surface area (Å²) in [5.74, 6) is 0.601. The van der Waals surface area contributed by atoms with Gasteiger partial charge < -0.3 is 13.9 Å². The minimum absolute atomic E-state index is 0. The van der Waals surface area contributed by atoms with Crippen LogP contribution in [0.15, 0.2) is 145 Å². The van der Waals surface area contributed by atoms with Crippen LogP contribution in [0.4, 0.5) is 0 Å². The summed E-state index contributed by atoms with van der Waals surface area (Å²) in [6.45, 7) is 29.5. The summed E-state index contributed by atoms with van der Waals surface area (Å²) < 4.78 is 12.1. The van der Waals surface area contributed by atoms with Gasteiger partial charge in [-0.3, -0.25) is 4.99 Å². The zero-order valence-electron chi connectivity index (χ0n) is 43.8. The first-order valence-corrected chi connectivity index (χ1v) is 25.2. The summed E-state index contributed by atoms with van der Waals surface area (Å²) in [5, 5.41) is 4.58. The van der Waals surface area contributed by atoms with Crippen molar-refractivity contribution in [3.8, 4) is 33.6 Å². The number of hydrogen-bond donors (Lipinski definition) is 0. The van der Waals surface area contributed by atoms with E-state index in [1.54, 1.807) is 0 Å². The Hall–Kier alpha value is -6.55. The van der Waals surface area contributed by atoms with Gasteiger partial charge in [-0.15, -0.1) is 40.8 Å². The summed E-state index contributed by atoms with van der Waals surface area (Å²) in [4.78, 5) is 10.8. The molecule has 1 aliphatic heterocycles.